The Kier molecular flexibility index (Phi) is 4.04. The van der Waals surface area contributed by atoms with Gasteiger partial charge in [0.2, 0.25) is 0 Å². The number of carboxylic acid groups (broad SMARTS) is 1. The monoisotopic (exact) mass is 322 g/mol. The van der Waals surface area contributed by atoms with Crippen LogP contribution in [-0.2, 0) is 6.54 Å². The lowest BCUT2D eigenvalue weighted by molar-refractivity contribution is 0.0695. The summed E-state index contributed by atoms with van der Waals surface area (Å²) < 4.78 is 2.67. The molecule has 0 aliphatic carbocycles. The van der Waals surface area contributed by atoms with E-state index in [1.54, 1.807) is 10.9 Å². The number of aromatic nitrogens is 2. The number of halogens is 1. The Morgan fingerprint density at radius 3 is 2.63 bits per heavy atom. The van der Waals surface area contributed by atoms with Crippen LogP contribution in [0.5, 0.6) is 0 Å². The van der Waals surface area contributed by atoms with Gasteiger partial charge in [-0.1, -0.05) is 48.0 Å². The van der Waals surface area contributed by atoms with Crippen LogP contribution in [0.1, 0.15) is 41.4 Å². The third-order valence-corrected chi connectivity index (χ3v) is 3.63. The van der Waals surface area contributed by atoms with Crippen LogP contribution in [0, 0.1) is 0 Å². The number of benzene rings is 1. The Morgan fingerprint density at radius 1 is 1.42 bits per heavy atom. The molecule has 1 aromatic heterocycles. The molecule has 0 atom stereocenters. The van der Waals surface area contributed by atoms with Crippen LogP contribution in [0.15, 0.2) is 34.9 Å². The van der Waals surface area contributed by atoms with E-state index in [0.717, 1.165) is 10.0 Å². The molecule has 5 heteroatoms. The first-order chi connectivity index (χ1) is 8.99. The molecule has 1 heterocycles. The summed E-state index contributed by atoms with van der Waals surface area (Å²) in [5, 5.41) is 13.6. The van der Waals surface area contributed by atoms with E-state index in [-0.39, 0.29) is 11.5 Å². The number of carboxylic acids is 1. The number of hydrogen-bond acceptors (Lipinski definition) is 2. The standard InChI is InChI=1S/C14H15BrN2O2/c1-9(2)13-11(14(18)19)8-17(16-13)7-10-5-3-4-6-12(10)15/h3-6,8-9H,7H2,1-2H3,(H,18,19). The lowest BCUT2D eigenvalue weighted by Crippen LogP contribution is -2.02. The molecule has 1 aromatic carbocycles. The van der Waals surface area contributed by atoms with E-state index in [9.17, 15) is 9.90 Å². The van der Waals surface area contributed by atoms with Crippen molar-refractivity contribution in [3.63, 3.8) is 0 Å². The average Bonchev–Trinajstić information content (AvgIpc) is 2.76. The SMILES string of the molecule is CC(C)c1nn(Cc2ccccc2Br)cc1C(=O)O. The molecule has 1 N–H and O–H groups in total. The fourth-order valence-corrected chi connectivity index (χ4v) is 2.32. The maximum absolute atomic E-state index is 11.2. The molecule has 2 rings (SSSR count). The van der Waals surface area contributed by atoms with Crippen molar-refractivity contribution in [1.29, 1.82) is 0 Å². The van der Waals surface area contributed by atoms with E-state index >= 15 is 0 Å². The van der Waals surface area contributed by atoms with E-state index in [4.69, 9.17) is 0 Å². The summed E-state index contributed by atoms with van der Waals surface area (Å²) in [5.41, 5.74) is 1.97. The number of hydrogen-bond donors (Lipinski definition) is 1. The van der Waals surface area contributed by atoms with Gasteiger partial charge in [-0.25, -0.2) is 4.79 Å². The zero-order chi connectivity index (χ0) is 14.0. The second kappa shape index (κ2) is 5.57. The van der Waals surface area contributed by atoms with Gasteiger partial charge in [0.25, 0.3) is 0 Å². The smallest absolute Gasteiger partial charge is 0.339 e. The van der Waals surface area contributed by atoms with Crippen molar-refractivity contribution in [3.05, 3.63) is 51.8 Å². The Hall–Kier alpha value is -1.62. The zero-order valence-corrected chi connectivity index (χ0v) is 12.4. The molecule has 4 nitrogen and oxygen atoms in total. The normalized spacial score (nSPS) is 10.9. The molecule has 0 radical (unpaired) electrons. The zero-order valence-electron chi connectivity index (χ0n) is 10.8. The Balaban J connectivity index is 2.34. The minimum atomic E-state index is -0.929. The second-order valence-corrected chi connectivity index (χ2v) is 5.53. The maximum Gasteiger partial charge on any atom is 0.339 e. The molecule has 0 amide bonds. The lowest BCUT2D eigenvalue weighted by atomic mass is 10.1. The summed E-state index contributed by atoms with van der Waals surface area (Å²) in [6.07, 6.45) is 1.59. The first kappa shape index (κ1) is 13.8. The van der Waals surface area contributed by atoms with Gasteiger partial charge in [-0.3, -0.25) is 4.68 Å². The van der Waals surface area contributed by atoms with E-state index < -0.39 is 5.97 Å². The second-order valence-electron chi connectivity index (χ2n) is 4.68. The third kappa shape index (κ3) is 3.04. The van der Waals surface area contributed by atoms with Crippen molar-refractivity contribution < 1.29 is 9.90 Å². The molecule has 100 valence electrons. The first-order valence-electron chi connectivity index (χ1n) is 6.03. The predicted octanol–water partition coefficient (Wildman–Crippen LogP) is 3.52. The highest BCUT2D eigenvalue weighted by molar-refractivity contribution is 9.10. The predicted molar refractivity (Wildman–Crippen MR) is 76.5 cm³/mol. The Labute approximate surface area is 120 Å². The summed E-state index contributed by atoms with van der Waals surface area (Å²) in [6.45, 7) is 4.43. The average molecular weight is 323 g/mol. The van der Waals surface area contributed by atoms with Gasteiger partial charge >= 0.3 is 5.97 Å². The number of carbonyl (C=O) groups is 1. The van der Waals surface area contributed by atoms with Gasteiger partial charge in [-0.05, 0) is 17.5 Å². The summed E-state index contributed by atoms with van der Waals surface area (Å²) in [6, 6.07) is 7.84. The van der Waals surface area contributed by atoms with E-state index in [2.05, 4.69) is 21.0 Å². The van der Waals surface area contributed by atoms with Gasteiger partial charge < -0.3 is 5.11 Å². The van der Waals surface area contributed by atoms with Crippen LogP contribution in [0.3, 0.4) is 0 Å². The Morgan fingerprint density at radius 2 is 2.11 bits per heavy atom. The molecule has 0 fully saturated rings. The molecule has 2 aromatic rings. The topological polar surface area (TPSA) is 55.1 Å². The molecular formula is C14H15BrN2O2. The van der Waals surface area contributed by atoms with Crippen LogP contribution >= 0.6 is 15.9 Å². The lowest BCUT2D eigenvalue weighted by Gasteiger charge is -2.04. The van der Waals surface area contributed by atoms with Crippen LogP contribution < -0.4 is 0 Å². The molecule has 0 aliphatic rings. The maximum atomic E-state index is 11.2. The van der Waals surface area contributed by atoms with Crippen molar-refractivity contribution in [1.82, 2.24) is 9.78 Å². The fraction of sp³-hybridized carbons (Fsp3) is 0.286. The summed E-state index contributed by atoms with van der Waals surface area (Å²) in [7, 11) is 0. The third-order valence-electron chi connectivity index (χ3n) is 2.86. The quantitative estimate of drug-likeness (QED) is 0.937. The fourth-order valence-electron chi connectivity index (χ4n) is 1.91. The molecular weight excluding hydrogens is 308 g/mol. The van der Waals surface area contributed by atoms with Gasteiger partial charge in [0.05, 0.1) is 12.2 Å². The van der Waals surface area contributed by atoms with Gasteiger partial charge in [-0.2, -0.15) is 5.10 Å². The van der Waals surface area contributed by atoms with Crippen molar-refractivity contribution >= 4 is 21.9 Å². The van der Waals surface area contributed by atoms with Crippen molar-refractivity contribution in [3.8, 4) is 0 Å². The molecule has 0 saturated carbocycles. The van der Waals surface area contributed by atoms with Gasteiger partial charge in [0.15, 0.2) is 0 Å². The largest absolute Gasteiger partial charge is 0.478 e. The van der Waals surface area contributed by atoms with E-state index in [1.165, 1.54) is 0 Å². The van der Waals surface area contributed by atoms with Crippen LogP contribution in [0.2, 0.25) is 0 Å². The van der Waals surface area contributed by atoms with Crippen molar-refractivity contribution in [2.45, 2.75) is 26.3 Å². The van der Waals surface area contributed by atoms with Gasteiger partial charge in [-0.15, -0.1) is 0 Å². The molecule has 0 saturated heterocycles. The van der Waals surface area contributed by atoms with Crippen LogP contribution in [0.25, 0.3) is 0 Å². The minimum absolute atomic E-state index is 0.0894. The van der Waals surface area contributed by atoms with Crippen molar-refractivity contribution in [2.75, 3.05) is 0 Å². The van der Waals surface area contributed by atoms with Gasteiger partial charge in [0, 0.05) is 10.7 Å². The molecule has 0 aliphatic heterocycles. The highest BCUT2D eigenvalue weighted by atomic mass is 79.9. The first-order valence-corrected chi connectivity index (χ1v) is 6.82. The van der Waals surface area contributed by atoms with E-state index in [0.29, 0.717) is 12.2 Å². The minimum Gasteiger partial charge on any atom is -0.478 e. The van der Waals surface area contributed by atoms with Crippen molar-refractivity contribution in [2.24, 2.45) is 0 Å². The molecule has 19 heavy (non-hydrogen) atoms. The van der Waals surface area contributed by atoms with E-state index in [1.807, 2.05) is 38.1 Å². The summed E-state index contributed by atoms with van der Waals surface area (Å²) in [4.78, 5) is 11.2. The van der Waals surface area contributed by atoms with Crippen LogP contribution in [0.4, 0.5) is 0 Å². The molecule has 0 unspecified atom stereocenters. The number of rotatable bonds is 4. The highest BCUT2D eigenvalue weighted by Gasteiger charge is 2.18. The summed E-state index contributed by atoms with van der Waals surface area (Å²) in [5.74, 6) is -0.839. The number of nitrogens with zero attached hydrogens (tertiary/aromatic N) is 2. The molecule has 0 spiro atoms. The number of aromatic carboxylic acids is 1. The highest BCUT2D eigenvalue weighted by Crippen LogP contribution is 2.20. The molecule has 0 bridgehead atoms. The summed E-state index contributed by atoms with van der Waals surface area (Å²) >= 11 is 3.48. The Bertz CT molecular complexity index is 605. The van der Waals surface area contributed by atoms with Crippen LogP contribution in [-0.4, -0.2) is 20.9 Å². The van der Waals surface area contributed by atoms with Gasteiger partial charge in [0.1, 0.15) is 5.56 Å².